The third kappa shape index (κ3) is 4.47. The Kier molecular flexibility index (Phi) is 6.07. The third-order valence-corrected chi connectivity index (χ3v) is 5.13. The number of piperazine rings is 1. The highest BCUT2D eigenvalue weighted by atomic mass is 19.1. The second-order valence-electron chi connectivity index (χ2n) is 6.86. The molecule has 24 heavy (non-hydrogen) atoms. The molecule has 5 heteroatoms. The molecule has 2 fully saturated rings. The Morgan fingerprint density at radius 1 is 0.875 bits per heavy atom. The van der Waals surface area contributed by atoms with Gasteiger partial charge in [-0.2, -0.15) is 0 Å². The first kappa shape index (κ1) is 17.2. The molecule has 1 amide bonds. The van der Waals surface area contributed by atoms with Gasteiger partial charge in [0.05, 0.1) is 12.2 Å². The van der Waals surface area contributed by atoms with Gasteiger partial charge in [-0.1, -0.05) is 31.4 Å². The van der Waals surface area contributed by atoms with Crippen LogP contribution in [0.5, 0.6) is 0 Å². The van der Waals surface area contributed by atoms with Crippen LogP contribution in [0.1, 0.15) is 32.1 Å². The molecule has 0 saturated carbocycles. The van der Waals surface area contributed by atoms with Gasteiger partial charge in [-0.15, -0.1) is 0 Å². The van der Waals surface area contributed by atoms with Crippen LogP contribution in [0.2, 0.25) is 0 Å². The van der Waals surface area contributed by atoms with Crippen LogP contribution in [-0.4, -0.2) is 61.5 Å². The Labute approximate surface area is 144 Å². The van der Waals surface area contributed by atoms with Crippen LogP contribution in [0.15, 0.2) is 24.3 Å². The first-order valence-corrected chi connectivity index (χ1v) is 9.23. The number of anilines is 1. The molecule has 0 atom stereocenters. The lowest BCUT2D eigenvalue weighted by molar-refractivity contribution is -0.132. The molecule has 1 aromatic rings. The first-order valence-electron chi connectivity index (χ1n) is 9.23. The monoisotopic (exact) mass is 333 g/mol. The van der Waals surface area contributed by atoms with Crippen molar-refractivity contribution in [1.29, 1.82) is 0 Å². The molecule has 132 valence electrons. The molecule has 3 rings (SSSR count). The van der Waals surface area contributed by atoms with Crippen molar-refractivity contribution in [3.8, 4) is 0 Å². The number of carbonyl (C=O) groups is 1. The van der Waals surface area contributed by atoms with Crippen LogP contribution in [0.4, 0.5) is 10.1 Å². The zero-order chi connectivity index (χ0) is 16.8. The van der Waals surface area contributed by atoms with Gasteiger partial charge in [0.15, 0.2) is 0 Å². The van der Waals surface area contributed by atoms with Gasteiger partial charge in [0.1, 0.15) is 5.82 Å². The number of amides is 1. The number of hydrogen-bond donors (Lipinski definition) is 0. The summed E-state index contributed by atoms with van der Waals surface area (Å²) >= 11 is 0. The van der Waals surface area contributed by atoms with E-state index in [1.54, 1.807) is 6.07 Å². The molecule has 2 heterocycles. The molecule has 2 saturated heterocycles. The molecule has 0 N–H and O–H groups in total. The van der Waals surface area contributed by atoms with Crippen molar-refractivity contribution < 1.29 is 9.18 Å². The van der Waals surface area contributed by atoms with Crippen LogP contribution in [0.3, 0.4) is 0 Å². The summed E-state index contributed by atoms with van der Waals surface area (Å²) in [5, 5.41) is 0. The molecule has 2 aliphatic rings. The van der Waals surface area contributed by atoms with Gasteiger partial charge in [0, 0.05) is 39.3 Å². The lowest BCUT2D eigenvalue weighted by Gasteiger charge is -2.37. The van der Waals surface area contributed by atoms with E-state index in [-0.39, 0.29) is 11.7 Å². The average Bonchev–Trinajstić information content (AvgIpc) is 2.56. The van der Waals surface area contributed by atoms with E-state index >= 15 is 0 Å². The van der Waals surface area contributed by atoms with E-state index in [2.05, 4.69) is 9.80 Å². The second-order valence-corrected chi connectivity index (χ2v) is 6.86. The van der Waals surface area contributed by atoms with Gasteiger partial charge in [0.2, 0.25) is 5.91 Å². The standard InChI is InChI=1S/C19H28FN3O/c20-17-8-4-5-9-18(17)22-14-12-21(13-15-22)16-19(24)23-10-6-2-1-3-7-11-23/h4-5,8-9H,1-3,6-7,10-16H2. The normalized spacial score (nSPS) is 20.5. The Hall–Kier alpha value is -1.62. The molecule has 1 aromatic carbocycles. The van der Waals surface area contributed by atoms with Gasteiger partial charge < -0.3 is 9.80 Å². The van der Waals surface area contributed by atoms with Gasteiger partial charge >= 0.3 is 0 Å². The Morgan fingerprint density at radius 2 is 1.50 bits per heavy atom. The number of likely N-dealkylation sites (tertiary alicyclic amines) is 1. The minimum atomic E-state index is -0.164. The zero-order valence-electron chi connectivity index (χ0n) is 14.4. The molecular formula is C19H28FN3O. The molecular weight excluding hydrogens is 305 g/mol. The van der Waals surface area contributed by atoms with Crippen LogP contribution < -0.4 is 4.90 Å². The van der Waals surface area contributed by atoms with E-state index in [1.165, 1.54) is 25.3 Å². The summed E-state index contributed by atoms with van der Waals surface area (Å²) in [6.07, 6.45) is 6.05. The minimum Gasteiger partial charge on any atom is -0.367 e. The van der Waals surface area contributed by atoms with E-state index in [0.29, 0.717) is 12.2 Å². The van der Waals surface area contributed by atoms with Crippen molar-refractivity contribution in [2.75, 3.05) is 50.7 Å². The predicted octanol–water partition coefficient (Wildman–Crippen LogP) is 2.74. The summed E-state index contributed by atoms with van der Waals surface area (Å²) in [5.74, 6) is 0.0962. The van der Waals surface area contributed by atoms with E-state index in [9.17, 15) is 9.18 Å². The molecule has 0 radical (unpaired) electrons. The molecule has 4 nitrogen and oxygen atoms in total. The van der Waals surface area contributed by atoms with Crippen molar-refractivity contribution in [2.24, 2.45) is 0 Å². The number of hydrogen-bond acceptors (Lipinski definition) is 3. The summed E-state index contributed by atoms with van der Waals surface area (Å²) in [4.78, 5) is 18.9. The van der Waals surface area contributed by atoms with E-state index < -0.39 is 0 Å². The third-order valence-electron chi connectivity index (χ3n) is 5.13. The lowest BCUT2D eigenvalue weighted by Crippen LogP contribution is -2.50. The average molecular weight is 333 g/mol. The fourth-order valence-electron chi connectivity index (χ4n) is 3.64. The largest absolute Gasteiger partial charge is 0.367 e. The summed E-state index contributed by atoms with van der Waals surface area (Å²) in [6, 6.07) is 6.93. The molecule has 0 aliphatic carbocycles. The highest BCUT2D eigenvalue weighted by molar-refractivity contribution is 5.78. The maximum Gasteiger partial charge on any atom is 0.236 e. The van der Waals surface area contributed by atoms with Crippen molar-refractivity contribution in [3.05, 3.63) is 30.1 Å². The van der Waals surface area contributed by atoms with Gasteiger partial charge in [-0.3, -0.25) is 9.69 Å². The summed E-state index contributed by atoms with van der Waals surface area (Å²) in [7, 11) is 0. The lowest BCUT2D eigenvalue weighted by atomic mass is 10.1. The highest BCUT2D eigenvalue weighted by Gasteiger charge is 2.23. The maximum atomic E-state index is 13.9. The fraction of sp³-hybridized carbons (Fsp3) is 0.632. The Bertz CT molecular complexity index is 535. The van der Waals surface area contributed by atoms with Crippen molar-refractivity contribution >= 4 is 11.6 Å². The van der Waals surface area contributed by atoms with Gasteiger partial charge in [-0.05, 0) is 25.0 Å². The van der Waals surface area contributed by atoms with Crippen LogP contribution in [-0.2, 0) is 4.79 Å². The molecule has 0 bridgehead atoms. The number of carbonyl (C=O) groups excluding carboxylic acids is 1. The number of nitrogens with zero attached hydrogens (tertiary/aromatic N) is 3. The van der Waals surface area contributed by atoms with Gasteiger partial charge in [0.25, 0.3) is 0 Å². The quantitative estimate of drug-likeness (QED) is 0.851. The fourth-order valence-corrected chi connectivity index (χ4v) is 3.64. The van der Waals surface area contributed by atoms with Crippen molar-refractivity contribution in [1.82, 2.24) is 9.80 Å². The topological polar surface area (TPSA) is 26.8 Å². The second kappa shape index (κ2) is 8.47. The van der Waals surface area contributed by atoms with Crippen molar-refractivity contribution in [3.63, 3.8) is 0 Å². The van der Waals surface area contributed by atoms with Crippen LogP contribution in [0.25, 0.3) is 0 Å². The summed E-state index contributed by atoms with van der Waals surface area (Å²) < 4.78 is 13.9. The smallest absolute Gasteiger partial charge is 0.236 e. The summed E-state index contributed by atoms with van der Waals surface area (Å²) in [5.41, 5.74) is 0.673. The molecule has 0 spiro atoms. The van der Waals surface area contributed by atoms with E-state index in [0.717, 1.165) is 52.1 Å². The Balaban J connectivity index is 1.48. The van der Waals surface area contributed by atoms with Crippen LogP contribution in [0, 0.1) is 5.82 Å². The highest BCUT2D eigenvalue weighted by Crippen LogP contribution is 2.20. The SMILES string of the molecule is O=C(CN1CCN(c2ccccc2F)CC1)N1CCCCCCC1. The van der Waals surface area contributed by atoms with Crippen LogP contribution >= 0.6 is 0 Å². The molecule has 0 unspecified atom stereocenters. The maximum absolute atomic E-state index is 13.9. The van der Waals surface area contributed by atoms with Crippen molar-refractivity contribution in [2.45, 2.75) is 32.1 Å². The number of para-hydroxylation sites is 1. The number of benzene rings is 1. The van der Waals surface area contributed by atoms with E-state index in [4.69, 9.17) is 0 Å². The molecule has 2 aliphatic heterocycles. The minimum absolute atomic E-state index is 0.164. The van der Waals surface area contributed by atoms with E-state index in [1.807, 2.05) is 17.0 Å². The molecule has 0 aromatic heterocycles. The van der Waals surface area contributed by atoms with Gasteiger partial charge in [-0.25, -0.2) is 4.39 Å². The number of halogens is 1. The summed E-state index contributed by atoms with van der Waals surface area (Å²) in [6.45, 7) is 5.50. The number of rotatable bonds is 3. The first-order chi connectivity index (χ1) is 11.7. The zero-order valence-corrected chi connectivity index (χ0v) is 14.4. The predicted molar refractivity (Wildman–Crippen MR) is 94.7 cm³/mol. The Morgan fingerprint density at radius 3 is 2.17 bits per heavy atom.